The Bertz CT molecular complexity index is 560. The lowest BCUT2D eigenvalue weighted by Gasteiger charge is -2.10. The van der Waals surface area contributed by atoms with Crippen LogP contribution in [0.4, 0.5) is 0 Å². The molecule has 2 N–H and O–H groups in total. The van der Waals surface area contributed by atoms with Crippen LogP contribution in [0.15, 0.2) is 50.9 Å². The Morgan fingerprint density at radius 2 is 2.17 bits per heavy atom. The van der Waals surface area contributed by atoms with E-state index in [4.69, 9.17) is 17.3 Å². The number of nitrogens with two attached hydrogens (primary N) is 1. The molecule has 1 unspecified atom stereocenters. The molecule has 1 atom stereocenters. The number of hydrogen-bond acceptors (Lipinski definition) is 3. The third kappa shape index (κ3) is 3.26. The zero-order valence-corrected chi connectivity index (χ0v) is 12.9. The molecule has 1 aromatic carbocycles. The highest BCUT2D eigenvalue weighted by atomic mass is 79.9. The summed E-state index contributed by atoms with van der Waals surface area (Å²) in [4.78, 5) is 5.35. The molecular formula is C13H12BrClN2S. The Morgan fingerprint density at radius 3 is 2.78 bits per heavy atom. The molecule has 5 heteroatoms. The molecule has 0 aliphatic rings. The van der Waals surface area contributed by atoms with E-state index < -0.39 is 0 Å². The Hall–Kier alpha value is -0.550. The molecule has 18 heavy (non-hydrogen) atoms. The zero-order chi connectivity index (χ0) is 13.1. The van der Waals surface area contributed by atoms with Gasteiger partial charge in [-0.05, 0) is 52.7 Å². The van der Waals surface area contributed by atoms with E-state index in [2.05, 4.69) is 20.9 Å². The van der Waals surface area contributed by atoms with Gasteiger partial charge < -0.3 is 5.73 Å². The summed E-state index contributed by atoms with van der Waals surface area (Å²) in [6, 6.07) is 9.69. The highest BCUT2D eigenvalue weighted by molar-refractivity contribution is 9.10. The van der Waals surface area contributed by atoms with Crippen LogP contribution in [0.25, 0.3) is 0 Å². The maximum Gasteiger partial charge on any atom is 0.115 e. The van der Waals surface area contributed by atoms with Crippen LogP contribution in [0, 0.1) is 0 Å². The van der Waals surface area contributed by atoms with Crippen molar-refractivity contribution in [2.75, 3.05) is 0 Å². The van der Waals surface area contributed by atoms with Crippen LogP contribution in [0.1, 0.15) is 18.5 Å². The summed E-state index contributed by atoms with van der Waals surface area (Å²) in [5.74, 6) is 0. The van der Waals surface area contributed by atoms with Crippen molar-refractivity contribution < 1.29 is 0 Å². The second-order valence-electron chi connectivity index (χ2n) is 3.86. The van der Waals surface area contributed by atoms with Crippen molar-refractivity contribution in [1.29, 1.82) is 0 Å². The fourth-order valence-corrected chi connectivity index (χ4v) is 3.23. The zero-order valence-electron chi connectivity index (χ0n) is 9.73. The fourth-order valence-electron chi connectivity index (χ4n) is 1.50. The lowest BCUT2D eigenvalue weighted by atomic mass is 10.1. The Morgan fingerprint density at radius 1 is 1.39 bits per heavy atom. The molecular weight excluding hydrogens is 332 g/mol. The maximum atomic E-state index is 6.20. The Kier molecular flexibility index (Phi) is 4.67. The largest absolute Gasteiger partial charge is 0.324 e. The van der Waals surface area contributed by atoms with Crippen LogP contribution in [0.5, 0.6) is 0 Å². The molecule has 0 fully saturated rings. The van der Waals surface area contributed by atoms with E-state index >= 15 is 0 Å². The summed E-state index contributed by atoms with van der Waals surface area (Å²) in [6.45, 7) is 1.92. The summed E-state index contributed by atoms with van der Waals surface area (Å²) in [5.41, 5.74) is 6.79. The molecule has 0 aliphatic heterocycles. The molecule has 2 aromatic rings. The molecule has 0 spiro atoms. The third-order valence-corrected chi connectivity index (χ3v) is 4.64. The predicted octanol–water partition coefficient (Wildman–Crippen LogP) is 4.67. The number of rotatable bonds is 3. The van der Waals surface area contributed by atoms with Gasteiger partial charge in [0.05, 0.1) is 4.47 Å². The predicted molar refractivity (Wildman–Crippen MR) is 80.1 cm³/mol. The van der Waals surface area contributed by atoms with Gasteiger partial charge in [-0.15, -0.1) is 0 Å². The van der Waals surface area contributed by atoms with Crippen molar-refractivity contribution in [2.24, 2.45) is 5.73 Å². The summed E-state index contributed by atoms with van der Waals surface area (Å²) < 4.78 is 0.974. The highest BCUT2D eigenvalue weighted by Gasteiger charge is 2.08. The van der Waals surface area contributed by atoms with Gasteiger partial charge in [0.15, 0.2) is 0 Å². The second kappa shape index (κ2) is 6.06. The van der Waals surface area contributed by atoms with Gasteiger partial charge in [-0.25, -0.2) is 4.98 Å². The smallest absolute Gasteiger partial charge is 0.115 e. The van der Waals surface area contributed by atoms with E-state index in [-0.39, 0.29) is 6.04 Å². The van der Waals surface area contributed by atoms with Gasteiger partial charge in [-0.3, -0.25) is 0 Å². The van der Waals surface area contributed by atoms with Gasteiger partial charge in [-0.1, -0.05) is 29.4 Å². The molecule has 0 saturated heterocycles. The SMILES string of the molecule is CC(N)c1ccc(Sc2ncccc2Br)cc1Cl. The molecule has 0 saturated carbocycles. The lowest BCUT2D eigenvalue weighted by molar-refractivity contribution is 0.817. The van der Waals surface area contributed by atoms with Gasteiger partial charge in [0.2, 0.25) is 0 Å². The minimum Gasteiger partial charge on any atom is -0.324 e. The maximum absolute atomic E-state index is 6.20. The number of nitrogens with zero attached hydrogens (tertiary/aromatic N) is 1. The van der Waals surface area contributed by atoms with Crippen LogP contribution in [0.2, 0.25) is 5.02 Å². The quantitative estimate of drug-likeness (QED) is 0.880. The summed E-state index contributed by atoms with van der Waals surface area (Å²) in [5, 5.41) is 1.61. The normalized spacial score (nSPS) is 12.4. The minimum atomic E-state index is -0.0573. The van der Waals surface area contributed by atoms with Gasteiger partial charge in [0.1, 0.15) is 5.03 Å². The number of halogens is 2. The van der Waals surface area contributed by atoms with Crippen LogP contribution in [0.3, 0.4) is 0 Å². The van der Waals surface area contributed by atoms with Crippen molar-refractivity contribution in [2.45, 2.75) is 22.9 Å². The Labute approximate surface area is 124 Å². The number of benzene rings is 1. The average Bonchev–Trinajstić information content (AvgIpc) is 2.32. The molecule has 1 heterocycles. The summed E-state index contributed by atoms with van der Waals surface area (Å²) >= 11 is 11.2. The van der Waals surface area contributed by atoms with E-state index in [0.717, 1.165) is 20.0 Å². The fraction of sp³-hybridized carbons (Fsp3) is 0.154. The summed E-state index contributed by atoms with van der Waals surface area (Å²) in [6.07, 6.45) is 1.77. The third-order valence-electron chi connectivity index (χ3n) is 2.40. The van der Waals surface area contributed by atoms with Crippen LogP contribution >= 0.6 is 39.3 Å². The Balaban J connectivity index is 2.26. The van der Waals surface area contributed by atoms with Crippen molar-refractivity contribution >= 4 is 39.3 Å². The van der Waals surface area contributed by atoms with Crippen molar-refractivity contribution in [3.8, 4) is 0 Å². The van der Waals surface area contributed by atoms with Gasteiger partial charge in [0, 0.05) is 22.2 Å². The van der Waals surface area contributed by atoms with E-state index in [9.17, 15) is 0 Å². The average molecular weight is 344 g/mol. The molecule has 0 aliphatic carbocycles. The van der Waals surface area contributed by atoms with Gasteiger partial charge in [0.25, 0.3) is 0 Å². The first kappa shape index (κ1) is 13.9. The number of aromatic nitrogens is 1. The monoisotopic (exact) mass is 342 g/mol. The first-order valence-electron chi connectivity index (χ1n) is 5.41. The van der Waals surface area contributed by atoms with Crippen molar-refractivity contribution in [3.63, 3.8) is 0 Å². The number of hydrogen-bond donors (Lipinski definition) is 1. The highest BCUT2D eigenvalue weighted by Crippen LogP contribution is 2.34. The van der Waals surface area contributed by atoms with Crippen LogP contribution in [-0.4, -0.2) is 4.98 Å². The van der Waals surface area contributed by atoms with Crippen molar-refractivity contribution in [1.82, 2.24) is 4.98 Å². The molecule has 2 rings (SSSR count). The first-order chi connectivity index (χ1) is 8.58. The molecule has 2 nitrogen and oxygen atoms in total. The molecule has 0 bridgehead atoms. The van der Waals surface area contributed by atoms with E-state index in [0.29, 0.717) is 5.02 Å². The standard InChI is InChI=1S/C13H12BrClN2S/c1-8(16)10-5-4-9(7-12(10)15)18-13-11(14)3-2-6-17-13/h2-8H,16H2,1H3. The second-order valence-corrected chi connectivity index (χ2v) is 6.19. The van der Waals surface area contributed by atoms with Gasteiger partial charge >= 0.3 is 0 Å². The molecule has 1 aromatic heterocycles. The molecule has 94 valence electrons. The molecule has 0 amide bonds. The first-order valence-corrected chi connectivity index (χ1v) is 7.40. The lowest BCUT2D eigenvalue weighted by Crippen LogP contribution is -2.05. The minimum absolute atomic E-state index is 0.0573. The topological polar surface area (TPSA) is 38.9 Å². The summed E-state index contributed by atoms with van der Waals surface area (Å²) in [7, 11) is 0. The van der Waals surface area contributed by atoms with E-state index in [1.807, 2.05) is 37.3 Å². The van der Waals surface area contributed by atoms with E-state index in [1.54, 1.807) is 18.0 Å². The molecule has 0 radical (unpaired) electrons. The number of pyridine rings is 1. The van der Waals surface area contributed by atoms with Gasteiger partial charge in [-0.2, -0.15) is 0 Å². The van der Waals surface area contributed by atoms with E-state index in [1.165, 1.54) is 0 Å². The van der Waals surface area contributed by atoms with Crippen LogP contribution in [-0.2, 0) is 0 Å². The van der Waals surface area contributed by atoms with Crippen LogP contribution < -0.4 is 5.73 Å². The van der Waals surface area contributed by atoms with Crippen molar-refractivity contribution in [3.05, 3.63) is 51.6 Å².